The second kappa shape index (κ2) is 11.5. The first-order valence-corrected chi connectivity index (χ1v) is 13.8. The van der Waals surface area contributed by atoms with Crippen LogP contribution in [0.4, 0.5) is 11.4 Å². The van der Waals surface area contributed by atoms with E-state index in [0.717, 1.165) is 44.4 Å². The number of para-hydroxylation sites is 1. The first kappa shape index (κ1) is 25.5. The Morgan fingerprint density at radius 2 is 1.43 bits per heavy atom. The van der Waals surface area contributed by atoms with E-state index >= 15 is 0 Å². The molecule has 2 N–H and O–H groups in total. The molecule has 1 heterocycles. The van der Waals surface area contributed by atoms with Gasteiger partial charge in [0.15, 0.2) is 0 Å². The summed E-state index contributed by atoms with van der Waals surface area (Å²) < 4.78 is 5.94. The van der Waals surface area contributed by atoms with Gasteiger partial charge in [0.05, 0.1) is 17.1 Å². The average Bonchev–Trinajstić information content (AvgIpc) is 3.02. The Bertz CT molecular complexity index is 1680. The monoisotopic (exact) mass is 541 g/mol. The molecule has 0 radical (unpaired) electrons. The summed E-state index contributed by atoms with van der Waals surface area (Å²) in [6, 6.07) is 40.1. The van der Waals surface area contributed by atoms with Crippen LogP contribution in [0.2, 0.25) is 0 Å². The highest BCUT2D eigenvalue weighted by atomic mass is 32.2. The summed E-state index contributed by atoms with van der Waals surface area (Å²) in [5.74, 6) is 0.537. The van der Waals surface area contributed by atoms with Crippen LogP contribution in [0, 0.1) is 0 Å². The quantitative estimate of drug-likeness (QED) is 0.158. The number of rotatable bonds is 7. The van der Waals surface area contributed by atoms with Gasteiger partial charge in [0.25, 0.3) is 5.91 Å². The molecule has 0 bridgehead atoms. The summed E-state index contributed by atoms with van der Waals surface area (Å²) in [6.45, 7) is 2.30. The van der Waals surface area contributed by atoms with Gasteiger partial charge in [0.1, 0.15) is 12.4 Å². The maximum absolute atomic E-state index is 12.7. The van der Waals surface area contributed by atoms with Crippen LogP contribution in [0.15, 0.2) is 136 Å². The Kier molecular flexibility index (Phi) is 7.33. The van der Waals surface area contributed by atoms with E-state index in [0.29, 0.717) is 12.2 Å². The lowest BCUT2D eigenvalue weighted by molar-refractivity contribution is 0.0954. The molecule has 40 heavy (non-hydrogen) atoms. The van der Waals surface area contributed by atoms with Crippen molar-refractivity contribution in [2.24, 2.45) is 5.10 Å². The number of fused-ring (bicyclic) bond motifs is 2. The molecule has 5 nitrogen and oxygen atoms in total. The summed E-state index contributed by atoms with van der Waals surface area (Å²) in [7, 11) is 0. The number of anilines is 2. The molecule has 0 fully saturated rings. The third-order valence-corrected chi connectivity index (χ3v) is 7.83. The molecule has 6 heteroatoms. The maximum Gasteiger partial charge on any atom is 0.271 e. The van der Waals surface area contributed by atoms with Crippen LogP contribution in [0.3, 0.4) is 0 Å². The van der Waals surface area contributed by atoms with E-state index in [1.54, 1.807) is 23.9 Å². The summed E-state index contributed by atoms with van der Waals surface area (Å²) in [4.78, 5) is 15.1. The van der Waals surface area contributed by atoms with Crippen molar-refractivity contribution in [1.29, 1.82) is 0 Å². The number of benzene rings is 5. The van der Waals surface area contributed by atoms with Crippen molar-refractivity contribution in [3.8, 4) is 16.9 Å². The standard InChI is InChI=1S/C34H27N3O2S/c1-23(28-17-20-33-31(21-28)35-30-9-5-6-10-32(30)40-33)36-37-34(38)27-13-11-24(12-14-27)22-39-29-18-15-26(16-19-29)25-7-3-2-4-8-25/h2-21,35H,22H2,1H3,(H,37,38). The lowest BCUT2D eigenvalue weighted by atomic mass is 10.1. The number of nitrogens with zero attached hydrogens (tertiary/aromatic N) is 1. The van der Waals surface area contributed by atoms with Gasteiger partial charge in [-0.2, -0.15) is 5.10 Å². The zero-order valence-corrected chi connectivity index (χ0v) is 22.7. The fourth-order valence-electron chi connectivity index (χ4n) is 4.42. The average molecular weight is 542 g/mol. The Hall–Kier alpha value is -4.81. The molecule has 5 aromatic rings. The third kappa shape index (κ3) is 5.77. The van der Waals surface area contributed by atoms with Gasteiger partial charge in [-0.3, -0.25) is 4.79 Å². The molecular weight excluding hydrogens is 514 g/mol. The van der Waals surface area contributed by atoms with Crippen LogP contribution in [0.5, 0.6) is 5.75 Å². The predicted octanol–water partition coefficient (Wildman–Crippen LogP) is 8.29. The Balaban J connectivity index is 1.04. The first-order valence-electron chi connectivity index (χ1n) is 13.0. The molecule has 0 aliphatic carbocycles. The van der Waals surface area contributed by atoms with E-state index in [1.807, 2.05) is 67.6 Å². The molecule has 0 saturated carbocycles. The van der Waals surface area contributed by atoms with Gasteiger partial charge in [0.2, 0.25) is 0 Å². The minimum atomic E-state index is -0.260. The van der Waals surface area contributed by atoms with Crippen molar-refractivity contribution < 1.29 is 9.53 Å². The largest absolute Gasteiger partial charge is 0.489 e. The van der Waals surface area contributed by atoms with E-state index in [-0.39, 0.29) is 5.91 Å². The van der Waals surface area contributed by atoms with E-state index in [9.17, 15) is 4.79 Å². The van der Waals surface area contributed by atoms with Gasteiger partial charge in [-0.05, 0) is 77.7 Å². The summed E-state index contributed by atoms with van der Waals surface area (Å²) in [6.07, 6.45) is 0. The Morgan fingerprint density at radius 3 is 2.23 bits per heavy atom. The lowest BCUT2D eigenvalue weighted by Crippen LogP contribution is -2.19. The van der Waals surface area contributed by atoms with E-state index in [4.69, 9.17) is 4.74 Å². The van der Waals surface area contributed by atoms with Crippen LogP contribution in [0.1, 0.15) is 28.4 Å². The van der Waals surface area contributed by atoms with Crippen molar-refractivity contribution in [2.45, 2.75) is 23.3 Å². The molecular formula is C34H27N3O2S. The van der Waals surface area contributed by atoms with Gasteiger partial charge in [-0.1, -0.05) is 84.6 Å². The van der Waals surface area contributed by atoms with Crippen molar-refractivity contribution in [1.82, 2.24) is 5.43 Å². The molecule has 5 aromatic carbocycles. The number of hydrogen-bond acceptors (Lipinski definition) is 5. The van der Waals surface area contributed by atoms with Gasteiger partial charge in [-0.25, -0.2) is 5.43 Å². The third-order valence-electron chi connectivity index (χ3n) is 6.68. The molecule has 1 aliphatic rings. The molecule has 196 valence electrons. The number of carbonyl (C=O) groups excluding carboxylic acids is 1. The molecule has 0 aromatic heterocycles. The predicted molar refractivity (Wildman–Crippen MR) is 163 cm³/mol. The second-order valence-electron chi connectivity index (χ2n) is 9.45. The van der Waals surface area contributed by atoms with Crippen LogP contribution in [-0.4, -0.2) is 11.6 Å². The molecule has 0 spiro atoms. The van der Waals surface area contributed by atoms with Crippen molar-refractivity contribution in [2.75, 3.05) is 5.32 Å². The maximum atomic E-state index is 12.7. The molecule has 6 rings (SSSR count). The van der Waals surface area contributed by atoms with E-state index in [1.165, 1.54) is 10.5 Å². The molecule has 0 atom stereocenters. The fourth-order valence-corrected chi connectivity index (χ4v) is 5.39. The van der Waals surface area contributed by atoms with Gasteiger partial charge in [0, 0.05) is 15.4 Å². The molecule has 0 saturated heterocycles. The van der Waals surface area contributed by atoms with Gasteiger partial charge in [-0.15, -0.1) is 0 Å². The minimum absolute atomic E-state index is 0.260. The highest BCUT2D eigenvalue weighted by molar-refractivity contribution is 7.99. The molecule has 1 aliphatic heterocycles. The smallest absolute Gasteiger partial charge is 0.271 e. The van der Waals surface area contributed by atoms with E-state index in [2.05, 4.69) is 64.4 Å². The summed E-state index contributed by atoms with van der Waals surface area (Å²) in [5.41, 5.74) is 10.3. The number of amides is 1. The summed E-state index contributed by atoms with van der Waals surface area (Å²) in [5, 5.41) is 7.84. The summed E-state index contributed by atoms with van der Waals surface area (Å²) >= 11 is 1.74. The highest BCUT2D eigenvalue weighted by Crippen LogP contribution is 2.44. The Morgan fingerprint density at radius 1 is 0.750 bits per heavy atom. The number of hydrogen-bond donors (Lipinski definition) is 2. The van der Waals surface area contributed by atoms with E-state index < -0.39 is 0 Å². The first-order chi connectivity index (χ1) is 19.6. The van der Waals surface area contributed by atoms with Crippen LogP contribution >= 0.6 is 11.8 Å². The molecule has 0 unspecified atom stereocenters. The number of nitrogens with one attached hydrogen (secondary N) is 2. The minimum Gasteiger partial charge on any atom is -0.489 e. The zero-order valence-electron chi connectivity index (χ0n) is 21.9. The van der Waals surface area contributed by atoms with Gasteiger partial charge < -0.3 is 10.1 Å². The number of hydrazone groups is 1. The normalized spacial score (nSPS) is 12.1. The number of ether oxygens (including phenoxy) is 1. The van der Waals surface area contributed by atoms with Crippen LogP contribution in [-0.2, 0) is 6.61 Å². The van der Waals surface area contributed by atoms with Crippen molar-refractivity contribution >= 4 is 34.8 Å². The Labute approximate surface area is 237 Å². The highest BCUT2D eigenvalue weighted by Gasteiger charge is 2.16. The fraction of sp³-hybridized carbons (Fsp3) is 0.0588. The number of carbonyl (C=O) groups is 1. The van der Waals surface area contributed by atoms with Crippen LogP contribution < -0.4 is 15.5 Å². The van der Waals surface area contributed by atoms with Crippen molar-refractivity contribution in [3.05, 3.63) is 138 Å². The SMILES string of the molecule is CC(=NNC(=O)c1ccc(COc2ccc(-c3ccccc3)cc2)cc1)c1ccc2c(c1)Nc1ccccc1S2. The molecule has 1 amide bonds. The van der Waals surface area contributed by atoms with Gasteiger partial charge >= 0.3 is 0 Å². The lowest BCUT2D eigenvalue weighted by Gasteiger charge is -2.21. The van der Waals surface area contributed by atoms with Crippen molar-refractivity contribution in [3.63, 3.8) is 0 Å². The topological polar surface area (TPSA) is 62.7 Å². The second-order valence-corrected chi connectivity index (χ2v) is 10.5. The zero-order chi connectivity index (χ0) is 27.3. The van der Waals surface area contributed by atoms with Crippen LogP contribution in [0.25, 0.3) is 11.1 Å².